The third-order valence-corrected chi connectivity index (χ3v) is 5.30. The predicted octanol–water partition coefficient (Wildman–Crippen LogP) is 5.17. The molecule has 1 N–H and O–H groups in total. The van der Waals surface area contributed by atoms with Crippen LogP contribution in [-0.2, 0) is 9.59 Å². The van der Waals surface area contributed by atoms with Crippen LogP contribution in [0.4, 0.5) is 5.69 Å². The predicted molar refractivity (Wildman–Crippen MR) is 121 cm³/mol. The zero-order chi connectivity index (χ0) is 21.6. The lowest BCUT2D eigenvalue weighted by Gasteiger charge is -2.12. The fourth-order valence-corrected chi connectivity index (χ4v) is 3.92. The molecule has 0 aromatic heterocycles. The van der Waals surface area contributed by atoms with Gasteiger partial charge in [-0.25, -0.2) is 4.99 Å². The number of amides is 1. The van der Waals surface area contributed by atoms with Crippen molar-refractivity contribution in [3.05, 3.63) is 95.4 Å². The van der Waals surface area contributed by atoms with Crippen LogP contribution in [0.2, 0.25) is 0 Å². The van der Waals surface area contributed by atoms with Gasteiger partial charge in [-0.2, -0.15) is 0 Å². The Bertz CT molecular complexity index is 1160. The number of carbonyl (C=O) groups excluding carboxylic acids is 1. The van der Waals surface area contributed by atoms with Gasteiger partial charge in [0, 0.05) is 0 Å². The third kappa shape index (κ3) is 5.21. The molecule has 31 heavy (non-hydrogen) atoms. The molecule has 0 atom stereocenters. The molecule has 1 aliphatic rings. The van der Waals surface area contributed by atoms with Gasteiger partial charge in [-0.3, -0.25) is 14.5 Å². The first-order chi connectivity index (χ1) is 15.1. The normalized spacial score (nSPS) is 16.1. The second-order valence-electron chi connectivity index (χ2n) is 6.61. The number of aliphatic carboxylic acids is 1. The lowest BCUT2D eigenvalue weighted by atomic mass is 10.2. The summed E-state index contributed by atoms with van der Waals surface area (Å²) >= 11 is 1.15. The molecule has 6 nitrogen and oxygen atoms in total. The minimum absolute atomic E-state index is 0.335. The van der Waals surface area contributed by atoms with Gasteiger partial charge in [0.05, 0.1) is 10.6 Å². The molecule has 154 valence electrons. The first-order valence-corrected chi connectivity index (χ1v) is 10.3. The number of aliphatic imine (C=N–C) groups is 1. The molecule has 0 radical (unpaired) electrons. The van der Waals surface area contributed by atoms with Crippen molar-refractivity contribution in [1.29, 1.82) is 0 Å². The van der Waals surface area contributed by atoms with Gasteiger partial charge in [-0.05, 0) is 59.8 Å². The van der Waals surface area contributed by atoms with Crippen molar-refractivity contribution in [3.8, 4) is 11.5 Å². The smallest absolute Gasteiger partial charge is 0.323 e. The first kappa shape index (κ1) is 20.4. The van der Waals surface area contributed by atoms with Gasteiger partial charge < -0.3 is 9.84 Å². The topological polar surface area (TPSA) is 79.2 Å². The van der Waals surface area contributed by atoms with Crippen molar-refractivity contribution >= 4 is 40.6 Å². The standard InChI is InChI=1S/C24H18N2O4S/c27-22(28)16-26-23(29)21(31-24(26)25-18-9-3-1-4-10-18)15-17-8-7-13-20(14-17)30-19-11-5-2-6-12-19/h1-15H,16H2,(H,27,28)/b21-15-,25-24?. The Morgan fingerprint density at radius 3 is 2.35 bits per heavy atom. The second kappa shape index (κ2) is 9.32. The fourth-order valence-electron chi connectivity index (χ4n) is 2.92. The molecule has 0 spiro atoms. The van der Waals surface area contributed by atoms with Gasteiger partial charge in [0.2, 0.25) is 0 Å². The summed E-state index contributed by atoms with van der Waals surface area (Å²) in [5.41, 5.74) is 1.41. The lowest BCUT2D eigenvalue weighted by molar-refractivity contribution is -0.140. The fraction of sp³-hybridized carbons (Fsp3) is 0.0417. The van der Waals surface area contributed by atoms with E-state index in [0.717, 1.165) is 17.3 Å². The van der Waals surface area contributed by atoms with E-state index in [0.29, 0.717) is 27.3 Å². The number of rotatable bonds is 6. The number of amidine groups is 1. The van der Waals surface area contributed by atoms with E-state index in [9.17, 15) is 14.7 Å². The number of carboxylic acids is 1. The number of carbonyl (C=O) groups is 2. The number of hydrogen-bond acceptors (Lipinski definition) is 5. The Labute approximate surface area is 183 Å². The average molecular weight is 430 g/mol. The summed E-state index contributed by atoms with van der Waals surface area (Å²) in [7, 11) is 0. The van der Waals surface area contributed by atoms with E-state index in [4.69, 9.17) is 4.74 Å². The number of nitrogens with zero attached hydrogens (tertiary/aromatic N) is 2. The molecule has 7 heteroatoms. The molecule has 1 aliphatic heterocycles. The Balaban J connectivity index is 1.61. The lowest BCUT2D eigenvalue weighted by Crippen LogP contribution is -2.34. The van der Waals surface area contributed by atoms with E-state index in [1.54, 1.807) is 18.2 Å². The monoisotopic (exact) mass is 430 g/mol. The highest BCUT2D eigenvalue weighted by Crippen LogP contribution is 2.34. The van der Waals surface area contributed by atoms with Crippen molar-refractivity contribution in [2.45, 2.75) is 0 Å². The molecular weight excluding hydrogens is 412 g/mol. The number of thioether (sulfide) groups is 1. The second-order valence-corrected chi connectivity index (χ2v) is 7.62. The third-order valence-electron chi connectivity index (χ3n) is 4.30. The summed E-state index contributed by atoms with van der Waals surface area (Å²) in [6.45, 7) is -0.452. The molecule has 0 aliphatic carbocycles. The molecule has 1 amide bonds. The van der Waals surface area contributed by atoms with Gasteiger partial charge in [0.1, 0.15) is 18.0 Å². The van der Waals surface area contributed by atoms with E-state index in [-0.39, 0.29) is 0 Å². The number of benzene rings is 3. The van der Waals surface area contributed by atoms with Crippen molar-refractivity contribution in [2.24, 2.45) is 4.99 Å². The quantitative estimate of drug-likeness (QED) is 0.546. The van der Waals surface area contributed by atoms with Crippen LogP contribution < -0.4 is 4.74 Å². The van der Waals surface area contributed by atoms with Crippen molar-refractivity contribution in [3.63, 3.8) is 0 Å². The molecule has 1 fully saturated rings. The van der Waals surface area contributed by atoms with Gasteiger partial charge in [0.15, 0.2) is 5.17 Å². The molecule has 3 aromatic carbocycles. The highest BCUT2D eigenvalue weighted by Gasteiger charge is 2.34. The number of hydrogen-bond donors (Lipinski definition) is 1. The van der Waals surface area contributed by atoms with Crippen LogP contribution in [0.5, 0.6) is 11.5 Å². The van der Waals surface area contributed by atoms with Crippen LogP contribution in [0.25, 0.3) is 6.08 Å². The minimum atomic E-state index is -1.10. The molecule has 0 bridgehead atoms. The zero-order valence-corrected chi connectivity index (χ0v) is 17.2. The number of carboxylic acid groups (broad SMARTS) is 1. The molecule has 0 unspecified atom stereocenters. The van der Waals surface area contributed by atoms with E-state index in [2.05, 4.69) is 4.99 Å². The van der Waals surface area contributed by atoms with Crippen molar-refractivity contribution < 1.29 is 19.4 Å². The summed E-state index contributed by atoms with van der Waals surface area (Å²) in [5, 5.41) is 9.57. The summed E-state index contributed by atoms with van der Waals surface area (Å²) in [6.07, 6.45) is 1.72. The van der Waals surface area contributed by atoms with E-state index in [1.165, 1.54) is 4.90 Å². The van der Waals surface area contributed by atoms with Gasteiger partial charge in [0.25, 0.3) is 5.91 Å². The summed E-state index contributed by atoms with van der Waals surface area (Å²) < 4.78 is 5.85. The molecular formula is C24H18N2O4S. The van der Waals surface area contributed by atoms with Gasteiger partial charge in [-0.15, -0.1) is 0 Å². The van der Waals surface area contributed by atoms with E-state index < -0.39 is 18.4 Å². The maximum Gasteiger partial charge on any atom is 0.323 e. The van der Waals surface area contributed by atoms with Gasteiger partial charge >= 0.3 is 5.97 Å². The first-order valence-electron chi connectivity index (χ1n) is 9.48. The van der Waals surface area contributed by atoms with E-state index in [1.807, 2.05) is 72.8 Å². The Morgan fingerprint density at radius 1 is 0.968 bits per heavy atom. The molecule has 3 aromatic rings. The molecule has 0 saturated carbocycles. The van der Waals surface area contributed by atoms with Crippen molar-refractivity contribution in [2.75, 3.05) is 6.54 Å². The molecule has 4 rings (SSSR count). The zero-order valence-electron chi connectivity index (χ0n) is 16.3. The van der Waals surface area contributed by atoms with Crippen LogP contribution in [0.15, 0.2) is 94.8 Å². The van der Waals surface area contributed by atoms with Crippen LogP contribution in [0.1, 0.15) is 5.56 Å². The van der Waals surface area contributed by atoms with Crippen LogP contribution in [0, 0.1) is 0 Å². The number of ether oxygens (including phenoxy) is 1. The molecule has 1 heterocycles. The van der Waals surface area contributed by atoms with E-state index >= 15 is 0 Å². The average Bonchev–Trinajstić information content (AvgIpc) is 3.04. The van der Waals surface area contributed by atoms with Crippen molar-refractivity contribution in [1.82, 2.24) is 4.90 Å². The van der Waals surface area contributed by atoms with Crippen LogP contribution in [0.3, 0.4) is 0 Å². The number of para-hydroxylation sites is 2. The molecule has 1 saturated heterocycles. The van der Waals surface area contributed by atoms with Crippen LogP contribution in [-0.4, -0.2) is 33.6 Å². The Hall–Kier alpha value is -3.84. The summed E-state index contributed by atoms with van der Waals surface area (Å²) in [6, 6.07) is 25.9. The summed E-state index contributed by atoms with van der Waals surface area (Å²) in [5.74, 6) is -0.147. The highest BCUT2D eigenvalue weighted by molar-refractivity contribution is 8.18. The maximum absolute atomic E-state index is 12.9. The minimum Gasteiger partial charge on any atom is -0.480 e. The highest BCUT2D eigenvalue weighted by atomic mass is 32.2. The van der Waals surface area contributed by atoms with Gasteiger partial charge in [-0.1, -0.05) is 48.5 Å². The Kier molecular flexibility index (Phi) is 6.14. The maximum atomic E-state index is 12.9. The summed E-state index contributed by atoms with van der Waals surface area (Å²) in [4.78, 5) is 30.2. The SMILES string of the molecule is O=C(O)CN1C(=O)/C(=C/c2cccc(Oc3ccccc3)c2)SC1=Nc1ccccc1. The Morgan fingerprint density at radius 2 is 1.65 bits per heavy atom. The van der Waals surface area contributed by atoms with Crippen LogP contribution >= 0.6 is 11.8 Å². The largest absolute Gasteiger partial charge is 0.480 e.